The number of nitrogens with zero attached hydrogens (tertiary/aromatic N) is 3. The van der Waals surface area contributed by atoms with Gasteiger partial charge in [-0.3, -0.25) is 0 Å². The van der Waals surface area contributed by atoms with E-state index in [1.165, 1.54) is 43.6 Å². The summed E-state index contributed by atoms with van der Waals surface area (Å²) in [5, 5.41) is 5.04. The SMILES string of the molecule is COc1ccc(N(c2ccc(-n3c4ccccc4c4ccccc43)cc2)c2ccc(-n3c4ccccc4c4ccccc43)cc2)cc1. The number of para-hydroxylation sites is 4. The molecule has 4 heteroatoms. The van der Waals surface area contributed by atoms with Crippen LogP contribution in [0.2, 0.25) is 0 Å². The quantitative estimate of drug-likeness (QED) is 0.188. The predicted octanol–water partition coefficient (Wildman–Crippen LogP) is 11.4. The Balaban J connectivity index is 1.16. The number of hydrogen-bond acceptors (Lipinski definition) is 2. The summed E-state index contributed by atoms with van der Waals surface area (Å²) in [5.74, 6) is 0.831. The van der Waals surface area contributed by atoms with Crippen molar-refractivity contribution in [2.45, 2.75) is 0 Å². The van der Waals surface area contributed by atoms with E-state index in [4.69, 9.17) is 4.74 Å². The van der Waals surface area contributed by atoms with E-state index in [0.717, 1.165) is 34.2 Å². The molecule has 0 aliphatic heterocycles. The van der Waals surface area contributed by atoms with Crippen molar-refractivity contribution in [1.82, 2.24) is 9.13 Å². The normalized spacial score (nSPS) is 11.5. The van der Waals surface area contributed by atoms with Crippen LogP contribution in [0.4, 0.5) is 17.1 Å². The maximum Gasteiger partial charge on any atom is 0.119 e. The highest BCUT2D eigenvalue weighted by Gasteiger charge is 2.17. The molecule has 0 saturated carbocycles. The summed E-state index contributed by atoms with van der Waals surface area (Å²) in [4.78, 5) is 2.30. The first-order valence-electron chi connectivity index (χ1n) is 15.9. The third-order valence-corrected chi connectivity index (χ3v) is 9.22. The van der Waals surface area contributed by atoms with Crippen LogP contribution in [0.3, 0.4) is 0 Å². The lowest BCUT2D eigenvalue weighted by molar-refractivity contribution is 0.415. The van der Waals surface area contributed by atoms with Crippen molar-refractivity contribution in [3.05, 3.63) is 170 Å². The zero-order chi connectivity index (χ0) is 31.3. The van der Waals surface area contributed by atoms with Gasteiger partial charge in [0, 0.05) is 50.0 Å². The van der Waals surface area contributed by atoms with Crippen molar-refractivity contribution in [3.8, 4) is 17.1 Å². The van der Waals surface area contributed by atoms with E-state index < -0.39 is 0 Å². The second-order valence-corrected chi connectivity index (χ2v) is 11.8. The van der Waals surface area contributed by atoms with Crippen molar-refractivity contribution in [1.29, 1.82) is 0 Å². The molecule has 0 N–H and O–H groups in total. The summed E-state index contributed by atoms with van der Waals surface area (Å²) in [6.45, 7) is 0. The first-order valence-corrected chi connectivity index (χ1v) is 15.9. The van der Waals surface area contributed by atoms with Gasteiger partial charge in [0.15, 0.2) is 0 Å². The Labute approximate surface area is 272 Å². The number of fused-ring (bicyclic) bond motifs is 6. The van der Waals surface area contributed by atoms with Gasteiger partial charge >= 0.3 is 0 Å². The van der Waals surface area contributed by atoms with Crippen LogP contribution in [-0.4, -0.2) is 16.2 Å². The molecule has 9 rings (SSSR count). The fourth-order valence-electron chi connectivity index (χ4n) is 7.08. The molecule has 0 atom stereocenters. The van der Waals surface area contributed by atoms with Gasteiger partial charge in [-0.15, -0.1) is 0 Å². The molecule has 47 heavy (non-hydrogen) atoms. The maximum atomic E-state index is 5.49. The molecule has 0 aliphatic rings. The molecule has 224 valence electrons. The summed E-state index contributed by atoms with van der Waals surface area (Å²) in [6, 6.07) is 60.5. The van der Waals surface area contributed by atoms with Gasteiger partial charge in [0.1, 0.15) is 5.75 Å². The van der Waals surface area contributed by atoms with Gasteiger partial charge in [0.05, 0.1) is 29.2 Å². The van der Waals surface area contributed by atoms with Crippen molar-refractivity contribution < 1.29 is 4.74 Å². The number of rotatable bonds is 6. The van der Waals surface area contributed by atoms with Gasteiger partial charge in [0.25, 0.3) is 0 Å². The fraction of sp³-hybridized carbons (Fsp3) is 0.0233. The third-order valence-electron chi connectivity index (χ3n) is 9.22. The zero-order valence-corrected chi connectivity index (χ0v) is 25.9. The molecule has 0 bridgehead atoms. The molecule has 2 heterocycles. The number of anilines is 3. The van der Waals surface area contributed by atoms with E-state index in [1.807, 2.05) is 12.1 Å². The minimum atomic E-state index is 0.831. The van der Waals surface area contributed by atoms with Gasteiger partial charge < -0.3 is 18.8 Å². The highest BCUT2D eigenvalue weighted by molar-refractivity contribution is 6.10. The van der Waals surface area contributed by atoms with Crippen LogP contribution in [0.25, 0.3) is 55.0 Å². The average Bonchev–Trinajstić information content (AvgIpc) is 3.66. The Kier molecular flexibility index (Phi) is 6.32. The van der Waals surface area contributed by atoms with Crippen LogP contribution < -0.4 is 9.64 Å². The van der Waals surface area contributed by atoms with Crippen molar-refractivity contribution >= 4 is 60.7 Å². The summed E-state index contributed by atoms with van der Waals surface area (Å²) in [7, 11) is 1.70. The van der Waals surface area contributed by atoms with Crippen molar-refractivity contribution in [2.24, 2.45) is 0 Å². The number of benzene rings is 7. The monoisotopic (exact) mass is 605 g/mol. The first kappa shape index (κ1) is 27.1. The summed E-state index contributed by atoms with van der Waals surface area (Å²) in [5.41, 5.74) is 10.3. The lowest BCUT2D eigenvalue weighted by Crippen LogP contribution is -2.10. The van der Waals surface area contributed by atoms with E-state index in [-0.39, 0.29) is 0 Å². The highest BCUT2D eigenvalue weighted by atomic mass is 16.5. The van der Waals surface area contributed by atoms with E-state index in [1.54, 1.807) is 7.11 Å². The Morgan fingerprint density at radius 3 is 0.979 bits per heavy atom. The molecule has 2 aromatic heterocycles. The Morgan fingerprint density at radius 2 is 0.660 bits per heavy atom. The Morgan fingerprint density at radius 1 is 0.362 bits per heavy atom. The van der Waals surface area contributed by atoms with Crippen LogP contribution in [-0.2, 0) is 0 Å². The van der Waals surface area contributed by atoms with Gasteiger partial charge in [-0.1, -0.05) is 72.8 Å². The van der Waals surface area contributed by atoms with Crippen LogP contribution >= 0.6 is 0 Å². The number of ether oxygens (including phenoxy) is 1. The number of aromatic nitrogens is 2. The standard InChI is InChI=1S/C43H31N3O/c1-47-35-28-26-32(27-29-35)44(30-18-22-33(23-19-30)45-40-14-6-2-10-36(40)37-11-3-7-15-41(37)45)31-20-24-34(25-21-31)46-42-16-8-4-12-38(42)39-13-5-9-17-43(39)46/h2-29H,1H3. The van der Waals surface area contributed by atoms with Crippen molar-refractivity contribution in [2.75, 3.05) is 12.0 Å². The minimum absolute atomic E-state index is 0.831. The lowest BCUT2D eigenvalue weighted by Gasteiger charge is -2.26. The van der Waals surface area contributed by atoms with E-state index in [9.17, 15) is 0 Å². The summed E-state index contributed by atoms with van der Waals surface area (Å²) in [6.07, 6.45) is 0. The van der Waals surface area contributed by atoms with Gasteiger partial charge in [-0.25, -0.2) is 0 Å². The second-order valence-electron chi connectivity index (χ2n) is 11.8. The van der Waals surface area contributed by atoms with Crippen LogP contribution in [0.1, 0.15) is 0 Å². The molecule has 7 aromatic carbocycles. The van der Waals surface area contributed by atoms with Gasteiger partial charge in [0.2, 0.25) is 0 Å². The molecule has 0 aliphatic carbocycles. The lowest BCUT2D eigenvalue weighted by atomic mass is 10.1. The molecule has 4 nitrogen and oxygen atoms in total. The number of hydrogen-bond donors (Lipinski definition) is 0. The summed E-state index contributed by atoms with van der Waals surface area (Å²) < 4.78 is 10.2. The first-order chi connectivity index (χ1) is 23.3. The highest BCUT2D eigenvalue weighted by Crippen LogP contribution is 2.39. The minimum Gasteiger partial charge on any atom is -0.497 e. The molecule has 0 unspecified atom stereocenters. The summed E-state index contributed by atoms with van der Waals surface area (Å²) >= 11 is 0. The molecule has 0 amide bonds. The fourth-order valence-corrected chi connectivity index (χ4v) is 7.08. The van der Waals surface area contributed by atoms with Crippen molar-refractivity contribution in [3.63, 3.8) is 0 Å². The Bertz CT molecular complexity index is 2280. The maximum absolute atomic E-state index is 5.49. The Hall–Kier alpha value is -6.26. The second kappa shape index (κ2) is 11.0. The van der Waals surface area contributed by atoms with E-state index >= 15 is 0 Å². The van der Waals surface area contributed by atoms with E-state index in [0.29, 0.717) is 0 Å². The van der Waals surface area contributed by atoms with Gasteiger partial charge in [-0.05, 0) is 97.1 Å². The number of methoxy groups -OCH3 is 1. The average molecular weight is 606 g/mol. The largest absolute Gasteiger partial charge is 0.497 e. The smallest absolute Gasteiger partial charge is 0.119 e. The molecule has 0 fully saturated rings. The third kappa shape index (κ3) is 4.38. The zero-order valence-electron chi connectivity index (χ0n) is 25.9. The van der Waals surface area contributed by atoms with Gasteiger partial charge in [-0.2, -0.15) is 0 Å². The molecular formula is C43H31N3O. The molecule has 0 saturated heterocycles. The predicted molar refractivity (Wildman–Crippen MR) is 196 cm³/mol. The van der Waals surface area contributed by atoms with Crippen LogP contribution in [0.15, 0.2) is 170 Å². The molecule has 9 aromatic rings. The van der Waals surface area contributed by atoms with E-state index in [2.05, 4.69) is 172 Å². The molecule has 0 spiro atoms. The molecule has 0 radical (unpaired) electrons. The van der Waals surface area contributed by atoms with Crippen LogP contribution in [0, 0.1) is 0 Å². The molecular weight excluding hydrogens is 574 g/mol. The topological polar surface area (TPSA) is 22.3 Å². The van der Waals surface area contributed by atoms with Crippen LogP contribution in [0.5, 0.6) is 5.75 Å².